The van der Waals surface area contributed by atoms with Gasteiger partial charge in [-0.1, -0.05) is 293 Å². The van der Waals surface area contributed by atoms with Crippen LogP contribution in [0.4, 0.5) is 0 Å². The van der Waals surface area contributed by atoms with Crippen LogP contribution < -0.4 is 0 Å². The second-order valence-electron chi connectivity index (χ2n) is 26.9. The Bertz CT molecular complexity index is 1770. The smallest absolute Gasteiger partial charge is 0.462 e. The zero-order valence-corrected chi connectivity index (χ0v) is 59.8. The van der Waals surface area contributed by atoms with Gasteiger partial charge in [-0.15, -0.1) is 0 Å². The molecule has 0 spiro atoms. The summed E-state index contributed by atoms with van der Waals surface area (Å²) in [6, 6.07) is 0. The van der Waals surface area contributed by atoms with E-state index in [0.29, 0.717) is 25.7 Å². The van der Waals surface area contributed by atoms with E-state index in [1.165, 1.54) is 148 Å². The number of aliphatic hydroxyl groups is 1. The maximum atomic E-state index is 13.0. The minimum Gasteiger partial charge on any atom is -0.462 e. The third-order valence-electron chi connectivity index (χ3n) is 16.4. The molecule has 0 fully saturated rings. The van der Waals surface area contributed by atoms with Crippen molar-refractivity contribution in [2.45, 2.75) is 363 Å². The summed E-state index contributed by atoms with van der Waals surface area (Å²) in [4.78, 5) is 72.5. The van der Waals surface area contributed by atoms with Crippen molar-refractivity contribution in [1.82, 2.24) is 0 Å². The standard InChI is InChI=1S/C70H136O17P2/c1-9-63(8)49-41-33-25-15-11-13-17-28-36-44-52-69(74)86-65(57-81-68(73)51-43-35-27-20-18-23-31-39-47-61(4)5)58-84-88(76,77)82-54-64(71)55-83-89(78,79)85-59-66(87-70(75)53-45-37-29-21-19-24-32-40-48-62(6)7)56-80-67(72)50-42-34-26-16-12-10-14-22-30-38-46-60(2)3/h60-66,71H,9-59H2,1-8H3,(H,76,77)(H,78,79)/t63?,64?,65-,66-/m1/s1. The lowest BCUT2D eigenvalue weighted by Crippen LogP contribution is -2.30. The third-order valence-corrected chi connectivity index (χ3v) is 18.3. The van der Waals surface area contributed by atoms with Crippen molar-refractivity contribution in [3.63, 3.8) is 0 Å². The van der Waals surface area contributed by atoms with Gasteiger partial charge >= 0.3 is 39.5 Å². The third kappa shape index (κ3) is 63.2. The topological polar surface area (TPSA) is 237 Å². The summed E-state index contributed by atoms with van der Waals surface area (Å²) in [5.41, 5.74) is 0. The maximum absolute atomic E-state index is 13.0. The summed E-state index contributed by atoms with van der Waals surface area (Å²) >= 11 is 0. The molecule has 19 heteroatoms. The molecule has 0 rings (SSSR count). The van der Waals surface area contributed by atoms with Gasteiger partial charge in [0.15, 0.2) is 12.2 Å². The minimum atomic E-state index is -4.95. The Morgan fingerprint density at radius 3 is 0.798 bits per heavy atom. The molecular weight excluding hydrogens is 1170 g/mol. The number of ether oxygens (including phenoxy) is 4. The molecule has 0 aliphatic heterocycles. The molecule has 3 N–H and O–H groups in total. The van der Waals surface area contributed by atoms with Gasteiger partial charge in [0, 0.05) is 25.7 Å². The number of esters is 4. The second-order valence-corrected chi connectivity index (χ2v) is 29.8. The normalized spacial score (nSPS) is 14.6. The Balaban J connectivity index is 5.26. The molecule has 0 amide bonds. The molecule has 4 unspecified atom stereocenters. The lowest BCUT2D eigenvalue weighted by Gasteiger charge is -2.21. The van der Waals surface area contributed by atoms with Crippen LogP contribution in [0.1, 0.15) is 344 Å². The Morgan fingerprint density at radius 1 is 0.315 bits per heavy atom. The molecule has 0 saturated carbocycles. The minimum absolute atomic E-state index is 0.104. The largest absolute Gasteiger partial charge is 0.472 e. The van der Waals surface area contributed by atoms with Gasteiger partial charge in [-0.2, -0.15) is 0 Å². The van der Waals surface area contributed by atoms with Crippen LogP contribution in [0.5, 0.6) is 0 Å². The van der Waals surface area contributed by atoms with Gasteiger partial charge < -0.3 is 33.8 Å². The van der Waals surface area contributed by atoms with Crippen molar-refractivity contribution < 1.29 is 80.2 Å². The zero-order chi connectivity index (χ0) is 66.1. The van der Waals surface area contributed by atoms with E-state index < -0.39 is 97.5 Å². The number of phosphoric acid groups is 2. The summed E-state index contributed by atoms with van der Waals surface area (Å²) in [6.45, 7) is 14.1. The van der Waals surface area contributed by atoms with Gasteiger partial charge in [-0.25, -0.2) is 9.13 Å². The fourth-order valence-electron chi connectivity index (χ4n) is 10.5. The number of rotatable bonds is 67. The first-order chi connectivity index (χ1) is 42.6. The Morgan fingerprint density at radius 2 is 0.539 bits per heavy atom. The van der Waals surface area contributed by atoms with Gasteiger partial charge in [-0.05, 0) is 49.4 Å². The Kier molecular flexibility index (Phi) is 58.5. The number of carbonyl (C=O) groups excluding carboxylic acids is 4. The summed E-state index contributed by atoms with van der Waals surface area (Å²) in [5.74, 6) is 0.875. The van der Waals surface area contributed by atoms with Gasteiger partial charge in [-0.3, -0.25) is 37.3 Å². The summed E-state index contributed by atoms with van der Waals surface area (Å²) in [6.07, 6.45) is 41.6. The van der Waals surface area contributed by atoms with Crippen molar-refractivity contribution >= 4 is 39.5 Å². The molecule has 0 aromatic heterocycles. The van der Waals surface area contributed by atoms with E-state index in [2.05, 4.69) is 55.4 Å². The average Bonchev–Trinajstić information content (AvgIpc) is 3.55. The van der Waals surface area contributed by atoms with Crippen LogP contribution in [-0.2, 0) is 65.4 Å². The number of hydrogen-bond donors (Lipinski definition) is 3. The van der Waals surface area contributed by atoms with Crippen molar-refractivity contribution in [2.75, 3.05) is 39.6 Å². The van der Waals surface area contributed by atoms with Crippen molar-refractivity contribution in [2.24, 2.45) is 23.7 Å². The molecule has 0 saturated heterocycles. The number of hydrogen-bond acceptors (Lipinski definition) is 15. The van der Waals surface area contributed by atoms with E-state index >= 15 is 0 Å². The zero-order valence-electron chi connectivity index (χ0n) is 58.1. The fraction of sp³-hybridized carbons (Fsp3) is 0.943. The van der Waals surface area contributed by atoms with Crippen LogP contribution in [0.2, 0.25) is 0 Å². The highest BCUT2D eigenvalue weighted by Gasteiger charge is 2.30. The van der Waals surface area contributed by atoms with Gasteiger partial charge in [0.05, 0.1) is 26.4 Å². The molecule has 528 valence electrons. The van der Waals surface area contributed by atoms with Gasteiger partial charge in [0.25, 0.3) is 0 Å². The van der Waals surface area contributed by atoms with Crippen molar-refractivity contribution in [3.8, 4) is 0 Å². The first-order valence-electron chi connectivity index (χ1n) is 36.2. The van der Waals surface area contributed by atoms with Crippen LogP contribution >= 0.6 is 15.6 Å². The number of carbonyl (C=O) groups is 4. The van der Waals surface area contributed by atoms with E-state index in [4.69, 9.17) is 37.0 Å². The van der Waals surface area contributed by atoms with Crippen molar-refractivity contribution in [1.29, 1.82) is 0 Å². The van der Waals surface area contributed by atoms with Crippen LogP contribution in [0.3, 0.4) is 0 Å². The quantitative estimate of drug-likeness (QED) is 0.0222. The second kappa shape index (κ2) is 59.8. The lowest BCUT2D eigenvalue weighted by molar-refractivity contribution is -0.161. The fourth-order valence-corrected chi connectivity index (χ4v) is 12.0. The predicted molar refractivity (Wildman–Crippen MR) is 358 cm³/mol. The SMILES string of the molecule is CCC(C)CCCCCCCCCCCCC(=O)O[C@H](COC(=O)CCCCCCCCCCC(C)C)COP(=O)(O)OCC(O)COP(=O)(O)OC[C@@H](COC(=O)CCCCCCCCCCCCC(C)C)OC(=O)CCCCCCCCCCC(C)C. The average molecular weight is 1310 g/mol. The molecule has 17 nitrogen and oxygen atoms in total. The summed E-state index contributed by atoms with van der Waals surface area (Å²) < 4.78 is 68.3. The molecule has 6 atom stereocenters. The highest BCUT2D eigenvalue weighted by atomic mass is 31.2. The monoisotopic (exact) mass is 1310 g/mol. The molecule has 0 bridgehead atoms. The van der Waals surface area contributed by atoms with E-state index in [0.717, 1.165) is 114 Å². The maximum Gasteiger partial charge on any atom is 0.472 e. The van der Waals surface area contributed by atoms with Crippen LogP contribution in [0.25, 0.3) is 0 Å². The Labute approximate surface area is 543 Å². The van der Waals surface area contributed by atoms with Crippen LogP contribution in [0, 0.1) is 23.7 Å². The van der Waals surface area contributed by atoms with E-state index in [1.807, 2.05) is 0 Å². The first kappa shape index (κ1) is 87.1. The first-order valence-corrected chi connectivity index (χ1v) is 39.2. The summed E-state index contributed by atoms with van der Waals surface area (Å²) in [7, 11) is -9.90. The number of aliphatic hydroxyl groups excluding tert-OH is 1. The molecule has 89 heavy (non-hydrogen) atoms. The molecule has 0 aromatic rings. The van der Waals surface area contributed by atoms with Crippen LogP contribution in [-0.4, -0.2) is 96.7 Å². The van der Waals surface area contributed by atoms with E-state index in [1.54, 1.807) is 0 Å². The van der Waals surface area contributed by atoms with E-state index in [9.17, 15) is 43.2 Å². The number of unbranched alkanes of at least 4 members (excludes halogenated alkanes) is 32. The molecular formula is C70H136O17P2. The predicted octanol–water partition coefficient (Wildman–Crippen LogP) is 19.7. The highest BCUT2D eigenvalue weighted by Crippen LogP contribution is 2.45. The number of phosphoric ester groups is 2. The van der Waals surface area contributed by atoms with E-state index in [-0.39, 0.29) is 25.7 Å². The molecule has 0 heterocycles. The molecule has 0 aliphatic carbocycles. The summed E-state index contributed by atoms with van der Waals surface area (Å²) in [5, 5.41) is 10.6. The lowest BCUT2D eigenvalue weighted by atomic mass is 9.99. The molecule has 0 radical (unpaired) electrons. The highest BCUT2D eigenvalue weighted by molar-refractivity contribution is 7.47. The molecule has 0 aliphatic rings. The Hall–Kier alpha value is -1.94. The van der Waals surface area contributed by atoms with Gasteiger partial charge in [0.2, 0.25) is 0 Å². The van der Waals surface area contributed by atoms with Crippen molar-refractivity contribution in [3.05, 3.63) is 0 Å². The van der Waals surface area contributed by atoms with Gasteiger partial charge in [0.1, 0.15) is 19.3 Å². The van der Waals surface area contributed by atoms with Crippen LogP contribution in [0.15, 0.2) is 0 Å². The molecule has 0 aromatic carbocycles.